The predicted octanol–water partition coefficient (Wildman–Crippen LogP) is 2.40. The summed E-state index contributed by atoms with van der Waals surface area (Å²) in [5, 5.41) is 6.25. The lowest BCUT2D eigenvalue weighted by Crippen LogP contribution is -2.38. The SMILES string of the molecule is CC(C(=O)NC(C)c1cc(C)ccc1C)=C1CNC1. The zero-order chi connectivity index (χ0) is 14.0. The molecule has 2 rings (SSSR count). The predicted molar refractivity (Wildman–Crippen MR) is 78.0 cm³/mol. The van der Waals surface area contributed by atoms with Gasteiger partial charge in [0.25, 0.3) is 0 Å². The topological polar surface area (TPSA) is 41.1 Å². The van der Waals surface area contributed by atoms with Crippen molar-refractivity contribution in [1.29, 1.82) is 0 Å². The van der Waals surface area contributed by atoms with Crippen LogP contribution in [0.25, 0.3) is 0 Å². The minimum Gasteiger partial charge on any atom is -0.346 e. The zero-order valence-corrected chi connectivity index (χ0v) is 12.1. The van der Waals surface area contributed by atoms with Crippen LogP contribution >= 0.6 is 0 Å². The molecule has 19 heavy (non-hydrogen) atoms. The van der Waals surface area contributed by atoms with Crippen LogP contribution in [0.1, 0.15) is 36.6 Å². The first-order valence-corrected chi connectivity index (χ1v) is 6.76. The van der Waals surface area contributed by atoms with Gasteiger partial charge in [-0.25, -0.2) is 0 Å². The molecule has 0 bridgehead atoms. The van der Waals surface area contributed by atoms with Crippen molar-refractivity contribution in [2.24, 2.45) is 0 Å². The van der Waals surface area contributed by atoms with Crippen molar-refractivity contribution in [2.45, 2.75) is 33.7 Å². The maximum absolute atomic E-state index is 12.2. The lowest BCUT2D eigenvalue weighted by atomic mass is 9.99. The van der Waals surface area contributed by atoms with Crippen LogP contribution in [0.15, 0.2) is 29.3 Å². The minimum absolute atomic E-state index is 0.0379. The molecule has 0 saturated carbocycles. The number of rotatable bonds is 3. The van der Waals surface area contributed by atoms with E-state index in [0.717, 1.165) is 18.7 Å². The van der Waals surface area contributed by atoms with Gasteiger partial charge in [-0.3, -0.25) is 4.79 Å². The molecule has 2 N–H and O–H groups in total. The van der Waals surface area contributed by atoms with Crippen LogP contribution < -0.4 is 10.6 Å². The van der Waals surface area contributed by atoms with E-state index in [4.69, 9.17) is 0 Å². The van der Waals surface area contributed by atoms with Crippen LogP contribution in [-0.4, -0.2) is 19.0 Å². The van der Waals surface area contributed by atoms with E-state index in [0.29, 0.717) is 0 Å². The monoisotopic (exact) mass is 258 g/mol. The minimum atomic E-state index is 0.0379. The highest BCUT2D eigenvalue weighted by atomic mass is 16.1. The standard InChI is InChI=1S/C16H22N2O/c1-10-5-6-11(2)15(7-10)13(4)18-16(19)12(3)14-8-17-9-14/h5-7,13,17H,8-9H2,1-4H3,(H,18,19). The largest absolute Gasteiger partial charge is 0.346 e. The molecule has 0 spiro atoms. The Labute approximate surface area is 115 Å². The lowest BCUT2D eigenvalue weighted by Gasteiger charge is -2.23. The van der Waals surface area contributed by atoms with Crippen molar-refractivity contribution in [3.05, 3.63) is 46.0 Å². The molecule has 1 aromatic rings. The Morgan fingerprint density at radius 2 is 2.00 bits per heavy atom. The fourth-order valence-corrected chi connectivity index (χ4v) is 2.28. The van der Waals surface area contributed by atoms with E-state index in [1.54, 1.807) is 0 Å². The zero-order valence-electron chi connectivity index (χ0n) is 12.1. The summed E-state index contributed by atoms with van der Waals surface area (Å²) < 4.78 is 0. The number of amides is 1. The maximum atomic E-state index is 12.2. The summed E-state index contributed by atoms with van der Waals surface area (Å²) in [6.45, 7) is 9.79. The van der Waals surface area contributed by atoms with Gasteiger partial charge in [0, 0.05) is 18.7 Å². The van der Waals surface area contributed by atoms with Gasteiger partial charge in [-0.1, -0.05) is 23.8 Å². The number of aryl methyl sites for hydroxylation is 2. The van der Waals surface area contributed by atoms with Crippen LogP contribution in [0.3, 0.4) is 0 Å². The lowest BCUT2D eigenvalue weighted by molar-refractivity contribution is -0.118. The van der Waals surface area contributed by atoms with Crippen molar-refractivity contribution >= 4 is 5.91 Å². The van der Waals surface area contributed by atoms with E-state index < -0.39 is 0 Å². The molecule has 102 valence electrons. The molecule has 0 radical (unpaired) electrons. The Bertz CT molecular complexity index is 526. The Hall–Kier alpha value is -1.61. The van der Waals surface area contributed by atoms with Crippen molar-refractivity contribution in [3.63, 3.8) is 0 Å². The van der Waals surface area contributed by atoms with Gasteiger partial charge in [-0.2, -0.15) is 0 Å². The van der Waals surface area contributed by atoms with Crippen LogP contribution in [0.4, 0.5) is 0 Å². The average molecular weight is 258 g/mol. The van der Waals surface area contributed by atoms with Crippen molar-refractivity contribution < 1.29 is 4.79 Å². The molecule has 1 unspecified atom stereocenters. The van der Waals surface area contributed by atoms with E-state index >= 15 is 0 Å². The molecule has 1 saturated heterocycles. The highest BCUT2D eigenvalue weighted by Crippen LogP contribution is 2.19. The van der Waals surface area contributed by atoms with Gasteiger partial charge in [-0.05, 0) is 44.4 Å². The molecule has 1 heterocycles. The second-order valence-corrected chi connectivity index (χ2v) is 5.39. The molecule has 0 aromatic heterocycles. The van der Waals surface area contributed by atoms with Crippen LogP contribution in [0, 0.1) is 13.8 Å². The molecular formula is C16H22N2O. The molecule has 1 aliphatic heterocycles. The van der Waals surface area contributed by atoms with E-state index in [1.165, 1.54) is 22.3 Å². The number of carbonyl (C=O) groups excluding carboxylic acids is 1. The average Bonchev–Trinajstić information content (AvgIpc) is 2.29. The summed E-state index contributed by atoms with van der Waals surface area (Å²) in [7, 11) is 0. The smallest absolute Gasteiger partial charge is 0.247 e. The number of nitrogens with one attached hydrogen (secondary N) is 2. The molecule has 1 aliphatic rings. The third-order valence-electron chi connectivity index (χ3n) is 3.80. The quantitative estimate of drug-likeness (QED) is 0.817. The van der Waals surface area contributed by atoms with E-state index in [-0.39, 0.29) is 11.9 Å². The number of carbonyl (C=O) groups is 1. The summed E-state index contributed by atoms with van der Waals surface area (Å²) >= 11 is 0. The second-order valence-electron chi connectivity index (χ2n) is 5.39. The van der Waals surface area contributed by atoms with Crippen molar-refractivity contribution in [3.8, 4) is 0 Å². The van der Waals surface area contributed by atoms with E-state index in [1.807, 2.05) is 13.8 Å². The summed E-state index contributed by atoms with van der Waals surface area (Å²) in [6, 6.07) is 6.39. The van der Waals surface area contributed by atoms with Gasteiger partial charge in [0.15, 0.2) is 0 Å². The molecule has 1 aromatic carbocycles. The molecule has 1 fully saturated rings. The first-order chi connectivity index (χ1) is 8.99. The first kappa shape index (κ1) is 13.8. The number of hydrogen-bond donors (Lipinski definition) is 2. The van der Waals surface area contributed by atoms with Crippen LogP contribution in [0.2, 0.25) is 0 Å². The fraction of sp³-hybridized carbons (Fsp3) is 0.438. The van der Waals surface area contributed by atoms with Crippen molar-refractivity contribution in [2.75, 3.05) is 13.1 Å². The molecule has 3 heteroatoms. The summed E-state index contributed by atoms with van der Waals surface area (Å²) in [5.41, 5.74) is 5.70. The number of benzene rings is 1. The Morgan fingerprint density at radius 1 is 1.32 bits per heavy atom. The van der Waals surface area contributed by atoms with Gasteiger partial charge in [0.2, 0.25) is 5.91 Å². The van der Waals surface area contributed by atoms with Gasteiger partial charge in [0.1, 0.15) is 0 Å². The third-order valence-corrected chi connectivity index (χ3v) is 3.80. The molecular weight excluding hydrogens is 236 g/mol. The van der Waals surface area contributed by atoms with Crippen molar-refractivity contribution in [1.82, 2.24) is 10.6 Å². The van der Waals surface area contributed by atoms with Gasteiger partial charge < -0.3 is 10.6 Å². The Kier molecular flexibility index (Phi) is 4.05. The molecule has 1 atom stereocenters. The maximum Gasteiger partial charge on any atom is 0.247 e. The third kappa shape index (κ3) is 3.04. The van der Waals surface area contributed by atoms with E-state index in [2.05, 4.69) is 42.7 Å². The van der Waals surface area contributed by atoms with Crippen LogP contribution in [-0.2, 0) is 4.79 Å². The first-order valence-electron chi connectivity index (χ1n) is 6.76. The van der Waals surface area contributed by atoms with Gasteiger partial charge >= 0.3 is 0 Å². The highest BCUT2D eigenvalue weighted by Gasteiger charge is 2.18. The molecule has 3 nitrogen and oxygen atoms in total. The van der Waals surface area contributed by atoms with Crippen LogP contribution in [0.5, 0.6) is 0 Å². The van der Waals surface area contributed by atoms with E-state index in [9.17, 15) is 4.79 Å². The normalized spacial score (nSPS) is 15.7. The van der Waals surface area contributed by atoms with Gasteiger partial charge in [-0.15, -0.1) is 0 Å². The summed E-state index contributed by atoms with van der Waals surface area (Å²) in [4.78, 5) is 12.2. The molecule has 1 amide bonds. The fourth-order valence-electron chi connectivity index (χ4n) is 2.28. The summed E-state index contributed by atoms with van der Waals surface area (Å²) in [6.07, 6.45) is 0. The Morgan fingerprint density at radius 3 is 2.58 bits per heavy atom. The highest BCUT2D eigenvalue weighted by molar-refractivity contribution is 5.94. The van der Waals surface area contributed by atoms with Gasteiger partial charge in [0.05, 0.1) is 6.04 Å². The second kappa shape index (κ2) is 5.57. The molecule has 0 aliphatic carbocycles. The Balaban J connectivity index is 2.10. The summed E-state index contributed by atoms with van der Waals surface area (Å²) in [5.74, 6) is 0.0462. The number of hydrogen-bond acceptors (Lipinski definition) is 2.